The molecule has 0 unspecified atom stereocenters. The lowest BCUT2D eigenvalue weighted by Crippen LogP contribution is -2.26. The molecule has 0 saturated carbocycles. The fourth-order valence-corrected chi connectivity index (χ4v) is 3.45. The Labute approximate surface area is 128 Å². The van der Waals surface area contributed by atoms with Crippen molar-refractivity contribution in [3.05, 3.63) is 41.5 Å². The van der Waals surface area contributed by atoms with E-state index in [0.29, 0.717) is 30.2 Å². The van der Waals surface area contributed by atoms with Gasteiger partial charge in [-0.1, -0.05) is 0 Å². The molecule has 2 N–H and O–H groups in total. The minimum atomic E-state index is -3.58. The Morgan fingerprint density at radius 1 is 1.27 bits per heavy atom. The van der Waals surface area contributed by atoms with Gasteiger partial charge in [0, 0.05) is 6.54 Å². The molecular formula is C14H18FN3O3S. The van der Waals surface area contributed by atoms with Crippen molar-refractivity contribution in [3.8, 4) is 5.75 Å². The van der Waals surface area contributed by atoms with Crippen molar-refractivity contribution < 1.29 is 17.5 Å². The van der Waals surface area contributed by atoms with E-state index < -0.39 is 10.0 Å². The number of benzene rings is 1. The number of H-pyrrole nitrogens is 1. The molecule has 0 atom stereocenters. The smallest absolute Gasteiger partial charge is 0.244 e. The van der Waals surface area contributed by atoms with Crippen LogP contribution < -0.4 is 9.46 Å². The Hall–Kier alpha value is -1.93. The van der Waals surface area contributed by atoms with Gasteiger partial charge in [-0.3, -0.25) is 5.10 Å². The minimum Gasteiger partial charge on any atom is -0.494 e. The van der Waals surface area contributed by atoms with E-state index >= 15 is 0 Å². The first-order valence-electron chi connectivity index (χ1n) is 6.80. The first-order chi connectivity index (χ1) is 10.4. The van der Waals surface area contributed by atoms with Crippen LogP contribution in [0.25, 0.3) is 0 Å². The predicted octanol–water partition coefficient (Wildman–Crippen LogP) is 1.91. The molecule has 22 heavy (non-hydrogen) atoms. The van der Waals surface area contributed by atoms with E-state index in [-0.39, 0.29) is 17.3 Å². The number of aromatic amines is 1. The summed E-state index contributed by atoms with van der Waals surface area (Å²) in [4.78, 5) is 0.187. The van der Waals surface area contributed by atoms with Crippen molar-refractivity contribution in [3.63, 3.8) is 0 Å². The molecular weight excluding hydrogens is 309 g/mol. The minimum absolute atomic E-state index is 0.187. The predicted molar refractivity (Wildman–Crippen MR) is 79.8 cm³/mol. The maximum atomic E-state index is 12.7. The molecule has 0 saturated heterocycles. The van der Waals surface area contributed by atoms with Crippen LogP contribution in [0.3, 0.4) is 0 Å². The van der Waals surface area contributed by atoms with Gasteiger partial charge >= 0.3 is 0 Å². The van der Waals surface area contributed by atoms with Gasteiger partial charge in [0.25, 0.3) is 0 Å². The standard InChI is InChI=1S/C14H18FN3O3S/c1-10-14(11(2)18-17-10)22(19,20)16-8-3-9-21-13-6-4-12(15)5-7-13/h4-7,16H,3,8-9H2,1-2H3,(H,17,18). The number of halogens is 1. The Kier molecular flexibility index (Phi) is 5.15. The fraction of sp³-hybridized carbons (Fsp3) is 0.357. The number of sulfonamides is 1. The van der Waals surface area contributed by atoms with Gasteiger partial charge < -0.3 is 4.74 Å². The summed E-state index contributed by atoms with van der Waals surface area (Å²) in [5.74, 6) is 0.219. The van der Waals surface area contributed by atoms with E-state index in [0.717, 1.165) is 0 Å². The Morgan fingerprint density at radius 2 is 1.95 bits per heavy atom. The van der Waals surface area contributed by atoms with Gasteiger partial charge in [-0.25, -0.2) is 17.5 Å². The molecule has 0 spiro atoms. The highest BCUT2D eigenvalue weighted by atomic mass is 32.2. The summed E-state index contributed by atoms with van der Waals surface area (Å²) in [6.45, 7) is 3.87. The van der Waals surface area contributed by atoms with E-state index in [1.165, 1.54) is 24.3 Å². The van der Waals surface area contributed by atoms with E-state index in [1.54, 1.807) is 13.8 Å². The number of hydrogen-bond donors (Lipinski definition) is 2. The molecule has 0 fully saturated rings. The summed E-state index contributed by atoms with van der Waals surface area (Å²) in [6, 6.07) is 5.67. The fourth-order valence-electron chi connectivity index (χ4n) is 2.01. The summed E-state index contributed by atoms with van der Waals surface area (Å²) in [7, 11) is -3.58. The number of nitrogens with one attached hydrogen (secondary N) is 2. The highest BCUT2D eigenvalue weighted by molar-refractivity contribution is 7.89. The van der Waals surface area contributed by atoms with E-state index in [2.05, 4.69) is 14.9 Å². The zero-order valence-electron chi connectivity index (χ0n) is 12.4. The second-order valence-electron chi connectivity index (χ2n) is 4.82. The van der Waals surface area contributed by atoms with Crippen molar-refractivity contribution in [1.29, 1.82) is 0 Å². The largest absolute Gasteiger partial charge is 0.494 e. The average Bonchev–Trinajstić information content (AvgIpc) is 2.80. The van der Waals surface area contributed by atoms with Gasteiger partial charge in [0.05, 0.1) is 18.0 Å². The molecule has 0 aliphatic carbocycles. The Balaban J connectivity index is 1.80. The molecule has 2 rings (SSSR count). The van der Waals surface area contributed by atoms with Crippen LogP contribution in [0, 0.1) is 19.7 Å². The molecule has 0 aliphatic heterocycles. The van der Waals surface area contributed by atoms with Crippen LogP contribution in [0.2, 0.25) is 0 Å². The highest BCUT2D eigenvalue weighted by Crippen LogP contribution is 2.16. The van der Waals surface area contributed by atoms with Crippen molar-refractivity contribution >= 4 is 10.0 Å². The third kappa shape index (κ3) is 4.05. The topological polar surface area (TPSA) is 84.1 Å². The molecule has 2 aromatic rings. The van der Waals surface area contributed by atoms with E-state index in [1.807, 2.05) is 0 Å². The molecule has 1 aromatic carbocycles. The van der Waals surface area contributed by atoms with E-state index in [4.69, 9.17) is 4.74 Å². The number of ether oxygens (including phenoxy) is 1. The van der Waals surface area contributed by atoms with Gasteiger partial charge in [-0.05, 0) is 44.5 Å². The van der Waals surface area contributed by atoms with Crippen LogP contribution >= 0.6 is 0 Å². The monoisotopic (exact) mass is 327 g/mol. The quantitative estimate of drug-likeness (QED) is 0.761. The van der Waals surface area contributed by atoms with E-state index in [9.17, 15) is 12.8 Å². The lowest BCUT2D eigenvalue weighted by Gasteiger charge is -2.08. The third-order valence-electron chi connectivity index (χ3n) is 3.02. The van der Waals surface area contributed by atoms with Gasteiger partial charge in [-0.15, -0.1) is 0 Å². The second kappa shape index (κ2) is 6.89. The average molecular weight is 327 g/mol. The molecule has 1 heterocycles. The number of hydrogen-bond acceptors (Lipinski definition) is 4. The van der Waals surface area contributed by atoms with Gasteiger partial charge in [0.2, 0.25) is 10.0 Å². The summed E-state index contributed by atoms with van der Waals surface area (Å²) in [5, 5.41) is 6.52. The molecule has 0 aliphatic rings. The summed E-state index contributed by atoms with van der Waals surface area (Å²) < 4.78 is 44.9. The molecule has 6 nitrogen and oxygen atoms in total. The summed E-state index contributed by atoms with van der Waals surface area (Å²) >= 11 is 0. The Bertz CT molecular complexity index is 707. The molecule has 0 amide bonds. The highest BCUT2D eigenvalue weighted by Gasteiger charge is 2.21. The van der Waals surface area contributed by atoms with Gasteiger partial charge in [0.1, 0.15) is 16.5 Å². The zero-order valence-corrected chi connectivity index (χ0v) is 13.2. The van der Waals surface area contributed by atoms with Crippen LogP contribution in [0.1, 0.15) is 17.8 Å². The van der Waals surface area contributed by atoms with Crippen LogP contribution in [-0.4, -0.2) is 31.8 Å². The van der Waals surface area contributed by atoms with Crippen LogP contribution in [0.15, 0.2) is 29.2 Å². The first-order valence-corrected chi connectivity index (χ1v) is 8.28. The van der Waals surface area contributed by atoms with Crippen molar-refractivity contribution in [2.24, 2.45) is 0 Å². The van der Waals surface area contributed by atoms with Crippen LogP contribution in [-0.2, 0) is 10.0 Å². The third-order valence-corrected chi connectivity index (χ3v) is 4.75. The number of rotatable bonds is 7. The van der Waals surface area contributed by atoms with Crippen molar-refractivity contribution in [2.45, 2.75) is 25.2 Å². The molecule has 120 valence electrons. The maximum absolute atomic E-state index is 12.7. The van der Waals surface area contributed by atoms with Crippen molar-refractivity contribution in [2.75, 3.05) is 13.2 Å². The van der Waals surface area contributed by atoms with Crippen LogP contribution in [0.4, 0.5) is 4.39 Å². The number of aromatic nitrogens is 2. The lowest BCUT2D eigenvalue weighted by molar-refractivity contribution is 0.311. The van der Waals surface area contributed by atoms with Gasteiger partial charge in [-0.2, -0.15) is 5.10 Å². The molecule has 8 heteroatoms. The van der Waals surface area contributed by atoms with Gasteiger partial charge in [0.15, 0.2) is 0 Å². The van der Waals surface area contributed by atoms with Crippen LogP contribution in [0.5, 0.6) is 5.75 Å². The molecule has 0 radical (unpaired) electrons. The Morgan fingerprint density at radius 3 is 2.55 bits per heavy atom. The molecule has 0 bridgehead atoms. The number of nitrogens with zero attached hydrogens (tertiary/aromatic N) is 1. The molecule has 1 aromatic heterocycles. The summed E-state index contributed by atoms with van der Waals surface area (Å²) in [5.41, 5.74) is 0.945. The lowest BCUT2D eigenvalue weighted by atomic mass is 10.3. The zero-order chi connectivity index (χ0) is 16.2. The maximum Gasteiger partial charge on any atom is 0.244 e. The second-order valence-corrected chi connectivity index (χ2v) is 6.52. The first kappa shape index (κ1) is 16.4. The number of aryl methyl sites for hydroxylation is 2. The SMILES string of the molecule is Cc1n[nH]c(C)c1S(=O)(=O)NCCCOc1ccc(F)cc1. The van der Waals surface area contributed by atoms with Crippen molar-refractivity contribution in [1.82, 2.24) is 14.9 Å². The summed E-state index contributed by atoms with van der Waals surface area (Å²) in [6.07, 6.45) is 0.493. The normalized spacial score (nSPS) is 11.6.